The summed E-state index contributed by atoms with van der Waals surface area (Å²) < 4.78 is 19.7. The molecular formula is C22H24FN3O2. The van der Waals surface area contributed by atoms with Gasteiger partial charge in [0.2, 0.25) is 0 Å². The molecule has 0 aromatic heterocycles. The fraction of sp³-hybridized carbons (Fsp3) is 0.273. The third-order valence-corrected chi connectivity index (χ3v) is 5.04. The van der Waals surface area contributed by atoms with Crippen LogP contribution in [0.15, 0.2) is 47.6 Å². The van der Waals surface area contributed by atoms with Crippen LogP contribution < -0.4 is 15.1 Å². The number of amides is 1. The van der Waals surface area contributed by atoms with Crippen LogP contribution in [0.5, 0.6) is 5.75 Å². The number of hydrazone groups is 1. The van der Waals surface area contributed by atoms with Gasteiger partial charge in [0, 0.05) is 29.4 Å². The summed E-state index contributed by atoms with van der Waals surface area (Å²) in [6.45, 7) is 6.18. The molecule has 0 saturated carbocycles. The SMILES string of the molecule is COc1cccc(C(=O)N/N=C\c2cc3c(cc2F)N(C)C(C)(C)C=C3C)c1. The van der Waals surface area contributed by atoms with Crippen molar-refractivity contribution in [1.82, 2.24) is 5.43 Å². The largest absolute Gasteiger partial charge is 0.497 e. The molecule has 0 spiro atoms. The number of fused-ring (bicyclic) bond motifs is 1. The zero-order chi connectivity index (χ0) is 20.5. The van der Waals surface area contributed by atoms with E-state index in [9.17, 15) is 9.18 Å². The highest BCUT2D eigenvalue weighted by atomic mass is 19.1. The standard InChI is InChI=1S/C22H24FN3O2/c1-14-12-22(2,3)26(4)20-11-19(23)16(10-18(14)20)13-24-25-21(27)15-7-6-8-17(9-15)28-5/h6-13H,1-5H3,(H,25,27)/b24-13-. The smallest absolute Gasteiger partial charge is 0.271 e. The van der Waals surface area contributed by atoms with E-state index < -0.39 is 11.7 Å². The van der Waals surface area contributed by atoms with Crippen molar-refractivity contribution in [3.05, 3.63) is 65.0 Å². The van der Waals surface area contributed by atoms with E-state index in [1.165, 1.54) is 19.4 Å². The van der Waals surface area contributed by atoms with Gasteiger partial charge in [0.1, 0.15) is 11.6 Å². The van der Waals surface area contributed by atoms with Crippen LogP contribution in [0.2, 0.25) is 0 Å². The second kappa shape index (κ2) is 7.46. The number of carbonyl (C=O) groups is 1. The lowest BCUT2D eigenvalue weighted by molar-refractivity contribution is 0.0954. The molecule has 5 nitrogen and oxygen atoms in total. The number of hydrogen-bond donors (Lipinski definition) is 1. The third kappa shape index (κ3) is 3.76. The maximum absolute atomic E-state index is 14.6. The number of hydrogen-bond acceptors (Lipinski definition) is 4. The van der Waals surface area contributed by atoms with E-state index >= 15 is 0 Å². The quantitative estimate of drug-likeness (QED) is 0.637. The van der Waals surface area contributed by atoms with Crippen molar-refractivity contribution < 1.29 is 13.9 Å². The summed E-state index contributed by atoms with van der Waals surface area (Å²) in [5.41, 5.74) is 5.81. The average Bonchev–Trinajstić information content (AvgIpc) is 2.66. The number of nitrogens with zero attached hydrogens (tertiary/aromatic N) is 2. The van der Waals surface area contributed by atoms with Gasteiger partial charge in [-0.05, 0) is 56.7 Å². The van der Waals surface area contributed by atoms with Gasteiger partial charge in [-0.15, -0.1) is 0 Å². The second-order valence-electron chi connectivity index (χ2n) is 7.36. The van der Waals surface area contributed by atoms with Gasteiger partial charge in [0.25, 0.3) is 5.91 Å². The number of rotatable bonds is 4. The Morgan fingerprint density at radius 2 is 2.04 bits per heavy atom. The fourth-order valence-corrected chi connectivity index (χ4v) is 3.28. The number of likely N-dealkylation sites (N-methyl/N-ethyl adjacent to an activating group) is 1. The van der Waals surface area contributed by atoms with E-state index in [1.54, 1.807) is 30.3 Å². The molecule has 0 aliphatic carbocycles. The molecule has 6 heteroatoms. The zero-order valence-electron chi connectivity index (χ0n) is 16.7. The van der Waals surface area contributed by atoms with Gasteiger partial charge >= 0.3 is 0 Å². The van der Waals surface area contributed by atoms with Crippen LogP contribution >= 0.6 is 0 Å². The first-order chi connectivity index (χ1) is 13.2. The van der Waals surface area contributed by atoms with Crippen molar-refractivity contribution in [3.8, 4) is 5.75 Å². The Balaban J connectivity index is 1.82. The Morgan fingerprint density at radius 1 is 1.29 bits per heavy atom. The molecule has 2 aromatic carbocycles. The number of ether oxygens (including phenoxy) is 1. The van der Waals surface area contributed by atoms with Gasteiger partial charge in [-0.3, -0.25) is 4.79 Å². The lowest BCUT2D eigenvalue weighted by atomic mass is 9.88. The van der Waals surface area contributed by atoms with Crippen LogP contribution in [-0.4, -0.2) is 31.8 Å². The normalized spacial score (nSPS) is 15.2. The molecule has 28 heavy (non-hydrogen) atoms. The molecule has 0 atom stereocenters. The Bertz CT molecular complexity index is 980. The number of benzene rings is 2. The first-order valence-electron chi connectivity index (χ1n) is 8.97. The van der Waals surface area contributed by atoms with Gasteiger partial charge in [0.05, 0.1) is 18.9 Å². The van der Waals surface area contributed by atoms with Crippen molar-refractivity contribution in [3.63, 3.8) is 0 Å². The molecule has 3 rings (SSSR count). The summed E-state index contributed by atoms with van der Waals surface area (Å²) in [6.07, 6.45) is 3.47. The van der Waals surface area contributed by atoms with Gasteiger partial charge in [-0.2, -0.15) is 5.10 Å². The first kappa shape index (κ1) is 19.6. The van der Waals surface area contributed by atoms with E-state index in [1.807, 2.05) is 18.9 Å². The topological polar surface area (TPSA) is 53.9 Å². The monoisotopic (exact) mass is 381 g/mol. The first-order valence-corrected chi connectivity index (χ1v) is 8.97. The number of carbonyl (C=O) groups excluding carboxylic acids is 1. The number of allylic oxidation sites excluding steroid dienone is 1. The van der Waals surface area contributed by atoms with E-state index in [0.29, 0.717) is 16.9 Å². The Hall–Kier alpha value is -3.15. The predicted molar refractivity (Wildman–Crippen MR) is 111 cm³/mol. The summed E-state index contributed by atoms with van der Waals surface area (Å²) in [7, 11) is 3.48. The number of halogens is 1. The highest BCUT2D eigenvalue weighted by Gasteiger charge is 2.29. The predicted octanol–water partition coefficient (Wildman–Crippen LogP) is 4.23. The van der Waals surface area contributed by atoms with Crippen molar-refractivity contribution in [2.45, 2.75) is 26.3 Å². The fourth-order valence-electron chi connectivity index (χ4n) is 3.28. The van der Waals surface area contributed by atoms with Crippen molar-refractivity contribution in [1.29, 1.82) is 0 Å². The molecule has 0 fully saturated rings. The van der Waals surface area contributed by atoms with E-state index in [0.717, 1.165) is 16.8 Å². The van der Waals surface area contributed by atoms with Gasteiger partial charge in [-0.25, -0.2) is 9.82 Å². The Kier molecular flexibility index (Phi) is 5.23. The molecule has 1 heterocycles. The summed E-state index contributed by atoms with van der Waals surface area (Å²) >= 11 is 0. The van der Waals surface area contributed by atoms with Crippen LogP contribution in [0.1, 0.15) is 42.3 Å². The third-order valence-electron chi connectivity index (χ3n) is 5.04. The molecule has 0 saturated heterocycles. The van der Waals surface area contributed by atoms with Crippen molar-refractivity contribution in [2.24, 2.45) is 5.10 Å². The molecule has 1 N–H and O–H groups in total. The average molecular weight is 381 g/mol. The van der Waals surface area contributed by atoms with E-state index in [-0.39, 0.29) is 5.54 Å². The molecule has 1 aliphatic heterocycles. The van der Waals surface area contributed by atoms with Crippen LogP contribution in [0.4, 0.5) is 10.1 Å². The minimum atomic E-state index is -0.397. The maximum Gasteiger partial charge on any atom is 0.271 e. The number of anilines is 1. The van der Waals surface area contributed by atoms with Crippen LogP contribution in [0.3, 0.4) is 0 Å². The summed E-state index contributed by atoms with van der Waals surface area (Å²) in [5, 5.41) is 3.92. The molecule has 0 bridgehead atoms. The molecule has 146 valence electrons. The number of methoxy groups -OCH3 is 1. The van der Waals surface area contributed by atoms with E-state index in [2.05, 4.69) is 30.5 Å². The maximum atomic E-state index is 14.6. The molecule has 1 amide bonds. The van der Waals surface area contributed by atoms with Crippen LogP contribution in [0.25, 0.3) is 5.57 Å². The molecule has 1 aliphatic rings. The lowest BCUT2D eigenvalue weighted by Gasteiger charge is -2.40. The van der Waals surface area contributed by atoms with Gasteiger partial charge in [-0.1, -0.05) is 12.1 Å². The Labute approximate surface area is 164 Å². The molecule has 2 aromatic rings. The molecule has 0 unspecified atom stereocenters. The number of nitrogens with one attached hydrogen (secondary N) is 1. The zero-order valence-corrected chi connectivity index (χ0v) is 16.7. The van der Waals surface area contributed by atoms with Crippen LogP contribution in [-0.2, 0) is 0 Å². The van der Waals surface area contributed by atoms with Gasteiger partial charge < -0.3 is 9.64 Å². The lowest BCUT2D eigenvalue weighted by Crippen LogP contribution is -2.42. The summed E-state index contributed by atoms with van der Waals surface area (Å²) in [4.78, 5) is 14.2. The second-order valence-corrected chi connectivity index (χ2v) is 7.36. The van der Waals surface area contributed by atoms with Crippen molar-refractivity contribution >= 4 is 23.4 Å². The summed E-state index contributed by atoms with van der Waals surface area (Å²) in [6, 6.07) is 9.99. The highest BCUT2D eigenvalue weighted by Crippen LogP contribution is 2.38. The molecule has 0 radical (unpaired) electrons. The van der Waals surface area contributed by atoms with Gasteiger partial charge in [0.15, 0.2) is 0 Å². The molecular weight excluding hydrogens is 357 g/mol. The minimum absolute atomic E-state index is 0.191. The van der Waals surface area contributed by atoms with Crippen molar-refractivity contribution in [2.75, 3.05) is 19.1 Å². The Morgan fingerprint density at radius 3 is 2.75 bits per heavy atom. The summed E-state index contributed by atoms with van der Waals surface area (Å²) in [5.74, 6) is -0.215. The van der Waals surface area contributed by atoms with E-state index in [4.69, 9.17) is 4.74 Å². The van der Waals surface area contributed by atoms with Crippen LogP contribution in [0, 0.1) is 5.82 Å². The minimum Gasteiger partial charge on any atom is -0.497 e. The highest BCUT2D eigenvalue weighted by molar-refractivity contribution is 5.95.